The summed E-state index contributed by atoms with van der Waals surface area (Å²) in [6.07, 6.45) is 2.89. The number of hydrogen-bond acceptors (Lipinski definition) is 6. The molecular weight excluding hydrogens is 208 g/mol. The average Bonchev–Trinajstić information content (AvgIpc) is 2.67. The Morgan fingerprint density at radius 3 is 2.94 bits per heavy atom. The molecule has 0 bridgehead atoms. The largest absolute Gasteiger partial charge is 0.403 e. The molecule has 0 aliphatic carbocycles. The van der Waals surface area contributed by atoms with E-state index in [1.54, 1.807) is 7.05 Å². The maximum atomic E-state index is 8.85. The van der Waals surface area contributed by atoms with Gasteiger partial charge in [0, 0.05) is 7.05 Å². The van der Waals surface area contributed by atoms with Crippen molar-refractivity contribution < 1.29 is 4.74 Å². The van der Waals surface area contributed by atoms with Gasteiger partial charge < -0.3 is 10.5 Å². The predicted molar refractivity (Wildman–Crippen MR) is 54.4 cm³/mol. The number of ether oxygens (including phenoxy) is 1. The van der Waals surface area contributed by atoms with Crippen molar-refractivity contribution in [3.8, 4) is 18.0 Å². The molecule has 0 spiro atoms. The van der Waals surface area contributed by atoms with Crippen molar-refractivity contribution >= 4 is 5.69 Å². The highest BCUT2D eigenvalue weighted by molar-refractivity contribution is 5.48. The lowest BCUT2D eigenvalue weighted by molar-refractivity contribution is 0.421. The van der Waals surface area contributed by atoms with Crippen LogP contribution in [0.4, 0.5) is 5.69 Å². The van der Waals surface area contributed by atoms with E-state index in [-0.39, 0.29) is 17.5 Å². The van der Waals surface area contributed by atoms with Crippen molar-refractivity contribution in [2.24, 2.45) is 7.05 Å². The molecule has 0 saturated heterocycles. The Morgan fingerprint density at radius 1 is 1.50 bits per heavy atom. The standard InChI is InChI=1S/C9H8N6O/c1-15-5-13-9(14-15)16-8-6(3-10)2-7(11)4-12-8/h2,4-5H,11H2,1H3. The summed E-state index contributed by atoms with van der Waals surface area (Å²) in [5, 5.41) is 12.8. The molecule has 2 aromatic rings. The third kappa shape index (κ3) is 1.90. The second kappa shape index (κ2) is 3.86. The van der Waals surface area contributed by atoms with Gasteiger partial charge in [0.15, 0.2) is 0 Å². The normalized spacial score (nSPS) is 9.75. The van der Waals surface area contributed by atoms with Crippen molar-refractivity contribution in [2.45, 2.75) is 0 Å². The van der Waals surface area contributed by atoms with Crippen LogP contribution in [-0.2, 0) is 7.05 Å². The van der Waals surface area contributed by atoms with E-state index in [1.807, 2.05) is 6.07 Å². The van der Waals surface area contributed by atoms with Crippen LogP contribution in [0.15, 0.2) is 18.6 Å². The fourth-order valence-electron chi connectivity index (χ4n) is 1.08. The van der Waals surface area contributed by atoms with Crippen molar-refractivity contribution in [3.63, 3.8) is 0 Å². The highest BCUT2D eigenvalue weighted by Gasteiger charge is 2.09. The zero-order valence-electron chi connectivity index (χ0n) is 8.45. The Balaban J connectivity index is 2.31. The zero-order chi connectivity index (χ0) is 11.5. The highest BCUT2D eigenvalue weighted by atomic mass is 16.5. The molecule has 7 heteroatoms. The molecule has 2 aromatic heterocycles. The topological polar surface area (TPSA) is 103 Å². The van der Waals surface area contributed by atoms with E-state index in [0.29, 0.717) is 5.69 Å². The smallest absolute Gasteiger partial charge is 0.342 e. The van der Waals surface area contributed by atoms with E-state index in [4.69, 9.17) is 15.7 Å². The number of aromatic nitrogens is 4. The average molecular weight is 216 g/mol. The second-order valence-electron chi connectivity index (χ2n) is 3.04. The molecular formula is C9H8N6O. The molecule has 2 rings (SSSR count). The first kappa shape index (κ1) is 9.92. The number of aryl methyl sites for hydroxylation is 1. The van der Waals surface area contributed by atoms with Gasteiger partial charge in [0.05, 0.1) is 11.9 Å². The summed E-state index contributed by atoms with van der Waals surface area (Å²) >= 11 is 0. The number of nitrogen functional groups attached to an aromatic ring is 1. The molecule has 7 nitrogen and oxygen atoms in total. The minimum absolute atomic E-state index is 0.135. The first-order chi connectivity index (χ1) is 7.69. The van der Waals surface area contributed by atoms with Crippen LogP contribution in [0.2, 0.25) is 0 Å². The molecule has 2 heterocycles. The van der Waals surface area contributed by atoms with Crippen LogP contribution >= 0.6 is 0 Å². The molecule has 0 amide bonds. The predicted octanol–water partition coefficient (Wildman–Crippen LogP) is 0.456. The number of pyridine rings is 1. The van der Waals surface area contributed by atoms with Crippen LogP contribution < -0.4 is 10.5 Å². The quantitative estimate of drug-likeness (QED) is 0.782. The first-order valence-corrected chi connectivity index (χ1v) is 4.38. The third-order valence-corrected chi connectivity index (χ3v) is 1.76. The van der Waals surface area contributed by atoms with Gasteiger partial charge in [-0.25, -0.2) is 4.98 Å². The van der Waals surface area contributed by atoms with Crippen LogP contribution in [-0.4, -0.2) is 19.7 Å². The van der Waals surface area contributed by atoms with Gasteiger partial charge >= 0.3 is 6.01 Å². The summed E-state index contributed by atoms with van der Waals surface area (Å²) in [6, 6.07) is 3.55. The van der Waals surface area contributed by atoms with Gasteiger partial charge in [0.1, 0.15) is 18.0 Å². The Morgan fingerprint density at radius 2 is 2.31 bits per heavy atom. The molecule has 16 heavy (non-hydrogen) atoms. The lowest BCUT2D eigenvalue weighted by Gasteiger charge is -2.02. The van der Waals surface area contributed by atoms with E-state index in [0.717, 1.165) is 0 Å². The zero-order valence-corrected chi connectivity index (χ0v) is 8.45. The van der Waals surface area contributed by atoms with Gasteiger partial charge in [0.2, 0.25) is 5.88 Å². The van der Waals surface area contributed by atoms with Gasteiger partial charge in [-0.15, -0.1) is 5.10 Å². The van der Waals surface area contributed by atoms with E-state index >= 15 is 0 Å². The highest BCUT2D eigenvalue weighted by Crippen LogP contribution is 2.20. The minimum atomic E-state index is 0.135. The van der Waals surface area contributed by atoms with Crippen molar-refractivity contribution in [2.75, 3.05) is 5.73 Å². The molecule has 0 radical (unpaired) electrons. The maximum absolute atomic E-state index is 8.85. The summed E-state index contributed by atoms with van der Waals surface area (Å²) < 4.78 is 6.73. The van der Waals surface area contributed by atoms with Crippen LogP contribution in [0.1, 0.15) is 5.56 Å². The number of nitrogens with two attached hydrogens (primary N) is 1. The van der Waals surface area contributed by atoms with Crippen LogP contribution in [0.3, 0.4) is 0 Å². The molecule has 0 atom stereocenters. The number of rotatable bonds is 2. The van der Waals surface area contributed by atoms with Gasteiger partial charge in [-0.3, -0.25) is 4.68 Å². The monoisotopic (exact) mass is 216 g/mol. The van der Waals surface area contributed by atoms with Crippen LogP contribution in [0, 0.1) is 11.3 Å². The van der Waals surface area contributed by atoms with Crippen LogP contribution in [0.25, 0.3) is 0 Å². The molecule has 0 aromatic carbocycles. The Bertz CT molecular complexity index is 555. The number of anilines is 1. The lowest BCUT2D eigenvalue weighted by Crippen LogP contribution is -1.96. The van der Waals surface area contributed by atoms with Gasteiger partial charge in [-0.2, -0.15) is 10.2 Å². The van der Waals surface area contributed by atoms with Crippen molar-refractivity contribution in [1.82, 2.24) is 19.7 Å². The van der Waals surface area contributed by atoms with Gasteiger partial charge in [-0.05, 0) is 6.07 Å². The SMILES string of the molecule is Cn1cnc(Oc2ncc(N)cc2C#N)n1. The first-order valence-electron chi connectivity index (χ1n) is 4.38. The molecule has 2 N–H and O–H groups in total. The number of nitrogens with zero attached hydrogens (tertiary/aromatic N) is 5. The Hall–Kier alpha value is -2.62. The van der Waals surface area contributed by atoms with E-state index < -0.39 is 0 Å². The van der Waals surface area contributed by atoms with Gasteiger partial charge in [-0.1, -0.05) is 0 Å². The molecule has 0 unspecified atom stereocenters. The summed E-state index contributed by atoms with van der Waals surface area (Å²) in [7, 11) is 1.71. The van der Waals surface area contributed by atoms with E-state index in [2.05, 4.69) is 15.1 Å². The third-order valence-electron chi connectivity index (χ3n) is 1.76. The minimum Gasteiger partial charge on any atom is -0.403 e. The fourth-order valence-corrected chi connectivity index (χ4v) is 1.08. The number of nitriles is 1. The summed E-state index contributed by atoms with van der Waals surface area (Å²) in [5.41, 5.74) is 6.14. The second-order valence-corrected chi connectivity index (χ2v) is 3.04. The van der Waals surface area contributed by atoms with E-state index in [1.165, 1.54) is 23.3 Å². The summed E-state index contributed by atoms with van der Waals surface area (Å²) in [5.74, 6) is 0.142. The van der Waals surface area contributed by atoms with E-state index in [9.17, 15) is 0 Å². The van der Waals surface area contributed by atoms with Crippen molar-refractivity contribution in [1.29, 1.82) is 5.26 Å². The Kier molecular flexibility index (Phi) is 2.39. The molecule has 0 aliphatic rings. The summed E-state index contributed by atoms with van der Waals surface area (Å²) in [4.78, 5) is 7.75. The van der Waals surface area contributed by atoms with Gasteiger partial charge in [0.25, 0.3) is 0 Å². The maximum Gasteiger partial charge on any atom is 0.342 e. The molecule has 0 fully saturated rings. The summed E-state index contributed by atoms with van der Waals surface area (Å²) in [6.45, 7) is 0. The van der Waals surface area contributed by atoms with Crippen LogP contribution in [0.5, 0.6) is 11.9 Å². The lowest BCUT2D eigenvalue weighted by atomic mass is 10.3. The number of hydrogen-bond donors (Lipinski definition) is 1. The fraction of sp³-hybridized carbons (Fsp3) is 0.111. The molecule has 0 saturated carbocycles. The Labute approximate surface area is 91.1 Å². The molecule has 80 valence electrons. The molecule has 0 aliphatic heterocycles. The van der Waals surface area contributed by atoms with Crippen molar-refractivity contribution in [3.05, 3.63) is 24.2 Å².